The molecule has 2 aliphatic heterocycles. The molecule has 0 spiro atoms. The Labute approximate surface area is 160 Å². The van der Waals surface area contributed by atoms with Gasteiger partial charge in [-0.1, -0.05) is 0 Å². The molecule has 0 aromatic rings. The Bertz CT molecular complexity index is 727. The number of nitrogens with zero attached hydrogens (tertiary/aromatic N) is 1. The number of hydrogen-bond acceptors (Lipinski definition) is 10. The van der Waals surface area contributed by atoms with E-state index >= 15 is 0 Å². The fraction of sp³-hybridized carbons (Fsp3) is 0.588. The highest BCUT2D eigenvalue weighted by Gasteiger charge is 2.50. The summed E-state index contributed by atoms with van der Waals surface area (Å²) in [6.07, 6.45) is -3.24. The quantitative estimate of drug-likeness (QED) is 0.457. The standard InChI is InChI=1S/C17H21NO10/c1-7-18-14-11(25-7)5-12(17(22)23)28-16(14)15(27-10(4)21)13(26-9(3)20)6-24-8(2)19/h5,11,13-16H,6H2,1-4H3,(H,22,23)/t11-,13-,14+,15-,16-/m1/s1. The second-order valence-corrected chi connectivity index (χ2v) is 6.16. The fourth-order valence-corrected chi connectivity index (χ4v) is 2.92. The van der Waals surface area contributed by atoms with Crippen molar-refractivity contribution in [3.63, 3.8) is 0 Å². The molecule has 1 N–H and O–H groups in total. The van der Waals surface area contributed by atoms with Crippen LogP contribution in [0.25, 0.3) is 0 Å². The average molecular weight is 399 g/mol. The van der Waals surface area contributed by atoms with Gasteiger partial charge in [0.2, 0.25) is 5.76 Å². The van der Waals surface area contributed by atoms with Gasteiger partial charge < -0.3 is 28.8 Å². The molecule has 0 saturated carbocycles. The minimum atomic E-state index is -1.36. The molecule has 11 nitrogen and oxygen atoms in total. The van der Waals surface area contributed by atoms with E-state index in [1.165, 1.54) is 6.08 Å². The van der Waals surface area contributed by atoms with Crippen molar-refractivity contribution in [1.29, 1.82) is 0 Å². The third-order valence-corrected chi connectivity index (χ3v) is 3.86. The fourth-order valence-electron chi connectivity index (χ4n) is 2.92. The van der Waals surface area contributed by atoms with Gasteiger partial charge in [0.05, 0.1) is 0 Å². The summed E-state index contributed by atoms with van der Waals surface area (Å²) in [6.45, 7) is 4.55. The monoisotopic (exact) mass is 399 g/mol. The van der Waals surface area contributed by atoms with Gasteiger partial charge in [-0.2, -0.15) is 0 Å². The molecule has 0 saturated heterocycles. The van der Waals surface area contributed by atoms with Gasteiger partial charge in [0.25, 0.3) is 0 Å². The SMILES string of the molecule is CC(=O)OC[C@@H](OC(C)=O)[C@@H](OC(C)=O)[C@@H]1OC(C(=O)O)=C[C@H]2OC(C)=N[C@H]12. The van der Waals surface area contributed by atoms with Crippen LogP contribution in [0.4, 0.5) is 0 Å². The molecular weight excluding hydrogens is 378 g/mol. The van der Waals surface area contributed by atoms with Crippen molar-refractivity contribution in [1.82, 2.24) is 0 Å². The summed E-state index contributed by atoms with van der Waals surface area (Å²) < 4.78 is 26.3. The largest absolute Gasteiger partial charge is 0.477 e. The first kappa shape index (κ1) is 21.2. The molecule has 2 rings (SSSR count). The normalized spacial score (nSPS) is 24.9. The lowest BCUT2D eigenvalue weighted by molar-refractivity contribution is -0.187. The van der Waals surface area contributed by atoms with Crippen LogP contribution in [-0.4, -0.2) is 71.9 Å². The molecule has 5 atom stereocenters. The van der Waals surface area contributed by atoms with Gasteiger partial charge in [0.15, 0.2) is 24.2 Å². The molecule has 0 bridgehead atoms. The Morgan fingerprint density at radius 3 is 2.29 bits per heavy atom. The van der Waals surface area contributed by atoms with Gasteiger partial charge in [-0.05, 0) is 0 Å². The molecule has 11 heteroatoms. The number of carbonyl (C=O) groups is 4. The zero-order chi connectivity index (χ0) is 21.0. The van der Waals surface area contributed by atoms with E-state index in [2.05, 4.69) is 4.99 Å². The zero-order valence-electron chi connectivity index (χ0n) is 15.7. The molecule has 154 valence electrons. The first-order chi connectivity index (χ1) is 13.1. The van der Waals surface area contributed by atoms with Crippen molar-refractivity contribution in [2.75, 3.05) is 6.61 Å². The second kappa shape index (κ2) is 8.72. The predicted octanol–water partition coefficient (Wildman–Crippen LogP) is -0.0340. The van der Waals surface area contributed by atoms with Crippen LogP contribution in [0.5, 0.6) is 0 Å². The third kappa shape index (κ3) is 5.21. The minimum Gasteiger partial charge on any atom is -0.477 e. The number of aliphatic carboxylic acids is 1. The van der Waals surface area contributed by atoms with E-state index in [0.29, 0.717) is 0 Å². The van der Waals surface area contributed by atoms with E-state index in [1.807, 2.05) is 0 Å². The van der Waals surface area contributed by atoms with Gasteiger partial charge in [-0.15, -0.1) is 0 Å². The summed E-state index contributed by atoms with van der Waals surface area (Å²) >= 11 is 0. The number of carboxylic acid groups (broad SMARTS) is 1. The maximum absolute atomic E-state index is 11.7. The number of esters is 3. The second-order valence-electron chi connectivity index (χ2n) is 6.16. The highest BCUT2D eigenvalue weighted by Crippen LogP contribution is 2.32. The lowest BCUT2D eigenvalue weighted by Gasteiger charge is -2.37. The van der Waals surface area contributed by atoms with E-state index in [-0.39, 0.29) is 5.90 Å². The number of fused-ring (bicyclic) bond motifs is 1. The van der Waals surface area contributed by atoms with Crippen LogP contribution in [0.2, 0.25) is 0 Å². The number of aliphatic imine (C=N–C) groups is 1. The highest BCUT2D eigenvalue weighted by atomic mass is 16.6. The topological polar surface area (TPSA) is 147 Å². The van der Waals surface area contributed by atoms with E-state index in [9.17, 15) is 24.3 Å². The summed E-state index contributed by atoms with van der Waals surface area (Å²) in [5, 5.41) is 9.32. The van der Waals surface area contributed by atoms with Crippen molar-refractivity contribution in [2.24, 2.45) is 4.99 Å². The van der Waals surface area contributed by atoms with Gasteiger partial charge in [0, 0.05) is 33.8 Å². The third-order valence-electron chi connectivity index (χ3n) is 3.86. The number of hydrogen-bond donors (Lipinski definition) is 1. The smallest absolute Gasteiger partial charge is 0.370 e. The lowest BCUT2D eigenvalue weighted by atomic mass is 9.94. The Morgan fingerprint density at radius 1 is 1.11 bits per heavy atom. The van der Waals surface area contributed by atoms with Crippen LogP contribution in [0, 0.1) is 0 Å². The van der Waals surface area contributed by atoms with Gasteiger partial charge in [0.1, 0.15) is 18.8 Å². The Morgan fingerprint density at radius 2 is 1.75 bits per heavy atom. The molecule has 0 unspecified atom stereocenters. The van der Waals surface area contributed by atoms with Crippen molar-refractivity contribution < 1.29 is 48.0 Å². The summed E-state index contributed by atoms with van der Waals surface area (Å²) in [6, 6.07) is -0.761. The summed E-state index contributed by atoms with van der Waals surface area (Å²) in [5.41, 5.74) is 0. The van der Waals surface area contributed by atoms with Crippen molar-refractivity contribution in [3.8, 4) is 0 Å². The first-order valence-electron chi connectivity index (χ1n) is 8.39. The first-order valence-corrected chi connectivity index (χ1v) is 8.39. The molecular formula is C17H21NO10. The Kier molecular flexibility index (Phi) is 6.60. The molecule has 0 aromatic heterocycles. The minimum absolute atomic E-state index is 0.289. The van der Waals surface area contributed by atoms with Crippen LogP contribution in [-0.2, 0) is 42.9 Å². The van der Waals surface area contributed by atoms with E-state index in [0.717, 1.165) is 20.8 Å². The van der Waals surface area contributed by atoms with Gasteiger partial charge in [-0.3, -0.25) is 14.4 Å². The molecule has 0 fully saturated rings. The van der Waals surface area contributed by atoms with Crippen molar-refractivity contribution in [2.45, 2.75) is 58.2 Å². The molecule has 2 heterocycles. The maximum atomic E-state index is 11.7. The number of ether oxygens (including phenoxy) is 5. The Balaban J connectivity index is 2.41. The molecule has 0 radical (unpaired) electrons. The molecule has 0 amide bonds. The maximum Gasteiger partial charge on any atom is 0.370 e. The number of carboxylic acids is 1. The summed E-state index contributed by atoms with van der Waals surface area (Å²) in [4.78, 5) is 50.1. The van der Waals surface area contributed by atoms with Gasteiger partial charge in [-0.25, -0.2) is 9.79 Å². The van der Waals surface area contributed by atoms with Crippen LogP contribution >= 0.6 is 0 Å². The highest BCUT2D eigenvalue weighted by molar-refractivity contribution is 5.85. The van der Waals surface area contributed by atoms with Gasteiger partial charge >= 0.3 is 23.9 Å². The molecule has 0 aromatic carbocycles. The molecule has 0 aliphatic carbocycles. The molecule has 2 aliphatic rings. The lowest BCUT2D eigenvalue weighted by Crippen LogP contribution is -2.54. The number of rotatable bonds is 7. The number of carbonyl (C=O) groups excluding carboxylic acids is 3. The van der Waals surface area contributed by atoms with E-state index < -0.39 is 66.7 Å². The van der Waals surface area contributed by atoms with Crippen LogP contribution in [0.3, 0.4) is 0 Å². The van der Waals surface area contributed by atoms with Crippen LogP contribution in [0.1, 0.15) is 27.7 Å². The summed E-state index contributed by atoms with van der Waals surface area (Å²) in [5.74, 6) is -3.61. The summed E-state index contributed by atoms with van der Waals surface area (Å²) in [7, 11) is 0. The van der Waals surface area contributed by atoms with Crippen LogP contribution in [0.15, 0.2) is 16.8 Å². The van der Waals surface area contributed by atoms with E-state index in [4.69, 9.17) is 23.7 Å². The zero-order valence-corrected chi connectivity index (χ0v) is 15.7. The average Bonchev–Trinajstić information content (AvgIpc) is 2.95. The molecule has 28 heavy (non-hydrogen) atoms. The van der Waals surface area contributed by atoms with Crippen molar-refractivity contribution in [3.05, 3.63) is 11.8 Å². The van der Waals surface area contributed by atoms with Crippen molar-refractivity contribution >= 4 is 29.8 Å². The Hall–Kier alpha value is -3.11. The van der Waals surface area contributed by atoms with E-state index in [1.54, 1.807) is 6.92 Å². The van der Waals surface area contributed by atoms with Crippen LogP contribution < -0.4 is 0 Å². The predicted molar refractivity (Wildman–Crippen MR) is 90.1 cm³/mol.